The molecule has 2 nitrogen and oxygen atoms in total. The van der Waals surface area contributed by atoms with Gasteiger partial charge in [-0.15, -0.1) is 0 Å². The monoisotopic (exact) mass is 452 g/mol. The van der Waals surface area contributed by atoms with E-state index >= 15 is 0 Å². The van der Waals surface area contributed by atoms with Gasteiger partial charge in [-0.1, -0.05) is 3.89 Å². The average Bonchev–Trinajstić information content (AvgIpc) is 2.34. The van der Waals surface area contributed by atoms with Gasteiger partial charge in [0.15, 0.2) is 0 Å². The summed E-state index contributed by atoms with van der Waals surface area (Å²) in [6.07, 6.45) is -7.78. The van der Waals surface area contributed by atoms with Gasteiger partial charge in [-0.3, -0.25) is 0 Å². The fourth-order valence-electron chi connectivity index (χ4n) is 1.11. The molecule has 0 saturated heterocycles. The third-order valence-corrected chi connectivity index (χ3v) is 3.47. The highest BCUT2D eigenvalue weighted by molar-refractivity contribution is 7.87. The van der Waals surface area contributed by atoms with E-state index in [2.05, 4.69) is 0 Å². The largest absolute Gasteiger partial charge is 0.460 e. The lowest BCUT2D eigenvalue weighted by Crippen LogP contribution is -2.73. The van der Waals surface area contributed by atoms with Crippen LogP contribution in [-0.2, 0) is 10.2 Å². The molecule has 26 heavy (non-hydrogen) atoms. The lowest BCUT2D eigenvalue weighted by atomic mass is 9.94. The zero-order valence-electron chi connectivity index (χ0n) is 10.8. The molecular formula is C7F16O2S. The summed E-state index contributed by atoms with van der Waals surface area (Å²) in [7, 11) is -8.26. The maximum absolute atomic E-state index is 12.8. The van der Waals surface area contributed by atoms with E-state index in [4.69, 9.17) is 0 Å². The van der Waals surface area contributed by atoms with Crippen molar-refractivity contribution in [3.63, 3.8) is 0 Å². The minimum atomic E-state index is -8.66. The molecule has 0 aliphatic heterocycles. The zero-order chi connectivity index (χ0) is 22.0. The van der Waals surface area contributed by atoms with Gasteiger partial charge in [0.1, 0.15) is 0 Å². The van der Waals surface area contributed by atoms with Crippen molar-refractivity contribution in [3.05, 3.63) is 0 Å². The first-order valence-electron chi connectivity index (χ1n) is 5.03. The molecule has 0 saturated carbocycles. The third-order valence-electron chi connectivity index (χ3n) is 2.61. The van der Waals surface area contributed by atoms with Crippen molar-refractivity contribution in [2.24, 2.45) is 0 Å². The molecule has 0 fully saturated rings. The third kappa shape index (κ3) is 2.85. The van der Waals surface area contributed by atoms with E-state index in [9.17, 15) is 78.2 Å². The molecule has 0 rings (SSSR count). The molecule has 0 heterocycles. The highest BCUT2D eigenvalue weighted by atomic mass is 32.3. The van der Waals surface area contributed by atoms with Crippen LogP contribution in [0.3, 0.4) is 0 Å². The van der Waals surface area contributed by atoms with Crippen LogP contribution < -0.4 is 0 Å². The quantitative estimate of drug-likeness (QED) is 0.436. The van der Waals surface area contributed by atoms with Crippen molar-refractivity contribution in [1.82, 2.24) is 0 Å². The maximum Gasteiger partial charge on any atom is 0.460 e. The summed E-state index contributed by atoms with van der Waals surface area (Å²) in [4.78, 5) is 0. The Bertz CT molecular complexity index is 642. The molecule has 0 atom stereocenters. The van der Waals surface area contributed by atoms with Crippen molar-refractivity contribution in [2.75, 3.05) is 0 Å². The van der Waals surface area contributed by atoms with Crippen LogP contribution in [0.2, 0.25) is 0 Å². The lowest BCUT2D eigenvalue weighted by Gasteiger charge is -2.40. The molecule has 19 heteroatoms. The SMILES string of the molecule is O=S(=O)(F)C(F)(F)C(F)(F)C(F)(F)C(F)(F)C(F)(F)C(F)(F)C(F)(F)F. The molecule has 0 aromatic heterocycles. The van der Waals surface area contributed by atoms with E-state index in [0.717, 1.165) is 0 Å². The molecule has 0 bridgehead atoms. The predicted molar refractivity (Wildman–Crippen MR) is 45.8 cm³/mol. The van der Waals surface area contributed by atoms with Gasteiger partial charge in [-0.2, -0.15) is 74.3 Å². The summed E-state index contributed by atoms with van der Waals surface area (Å²) in [5, 5.41) is -7.92. The van der Waals surface area contributed by atoms with Crippen molar-refractivity contribution >= 4 is 10.2 Å². The van der Waals surface area contributed by atoms with E-state index in [1.807, 2.05) is 0 Å². The molecule has 0 aliphatic carbocycles. The fraction of sp³-hybridized carbons (Fsp3) is 1.00. The van der Waals surface area contributed by atoms with Gasteiger partial charge in [0.2, 0.25) is 0 Å². The Hall–Kier alpha value is -1.17. The van der Waals surface area contributed by atoms with Crippen molar-refractivity contribution < 1.29 is 78.2 Å². The summed E-state index contributed by atoms with van der Waals surface area (Å²) in [6.45, 7) is 0. The summed E-state index contributed by atoms with van der Waals surface area (Å²) in [5.74, 6) is -42.4. The first kappa shape index (κ1) is 24.8. The first-order valence-corrected chi connectivity index (χ1v) is 6.41. The second-order valence-corrected chi connectivity index (χ2v) is 5.71. The molecule has 0 amide bonds. The standard InChI is InChI=1S/C7F16O2S/c8-1(9,2(10,11)4(14,15)6(18,19)20)3(12,13)5(16,17)7(21,22)26(23,24)25. The van der Waals surface area contributed by atoms with Gasteiger partial charge in [-0.25, -0.2) is 0 Å². The Balaban J connectivity index is 6.71. The normalized spacial score (nSPS) is 16.8. The van der Waals surface area contributed by atoms with Crippen LogP contribution in [0, 0.1) is 0 Å². The van der Waals surface area contributed by atoms with E-state index in [1.54, 1.807) is 0 Å². The van der Waals surface area contributed by atoms with Crippen molar-refractivity contribution in [3.8, 4) is 0 Å². The van der Waals surface area contributed by atoms with Gasteiger partial charge in [0.05, 0.1) is 0 Å². The van der Waals surface area contributed by atoms with Crippen LogP contribution in [0.25, 0.3) is 0 Å². The first-order chi connectivity index (χ1) is 10.8. The number of alkyl halides is 15. The van der Waals surface area contributed by atoms with Gasteiger partial charge in [-0.05, 0) is 0 Å². The summed E-state index contributed by atoms with van der Waals surface area (Å²) < 4.78 is 218. The predicted octanol–water partition coefficient (Wildman–Crippen LogP) is 4.62. The summed E-state index contributed by atoms with van der Waals surface area (Å²) in [6, 6.07) is 0. The van der Waals surface area contributed by atoms with E-state index < -0.39 is 51.3 Å². The Morgan fingerprint density at radius 3 is 0.885 bits per heavy atom. The highest BCUT2D eigenvalue weighted by Gasteiger charge is 2.94. The van der Waals surface area contributed by atoms with Gasteiger partial charge in [0.25, 0.3) is 0 Å². The number of hydrogen-bond acceptors (Lipinski definition) is 2. The molecule has 0 unspecified atom stereocenters. The Labute approximate surface area is 130 Å². The zero-order valence-corrected chi connectivity index (χ0v) is 11.6. The molecule has 0 aliphatic rings. The second-order valence-electron chi connectivity index (χ2n) is 4.32. The second kappa shape index (κ2) is 5.66. The molecule has 0 aromatic rings. The van der Waals surface area contributed by atoms with E-state index in [0.29, 0.717) is 0 Å². The Kier molecular flexibility index (Phi) is 5.41. The van der Waals surface area contributed by atoms with Gasteiger partial charge < -0.3 is 0 Å². The number of rotatable bonds is 6. The maximum atomic E-state index is 12.8. The van der Waals surface area contributed by atoms with Crippen LogP contribution in [0.5, 0.6) is 0 Å². The van der Waals surface area contributed by atoms with Crippen molar-refractivity contribution in [2.45, 2.75) is 41.0 Å². The summed E-state index contributed by atoms with van der Waals surface area (Å²) >= 11 is 0. The minimum Gasteiger partial charge on any atom is -0.192 e. The van der Waals surface area contributed by atoms with Crippen LogP contribution in [0.1, 0.15) is 0 Å². The molecule has 158 valence electrons. The van der Waals surface area contributed by atoms with Crippen molar-refractivity contribution in [1.29, 1.82) is 0 Å². The minimum absolute atomic E-state index is 7.78. The highest BCUT2D eigenvalue weighted by Crippen LogP contribution is 2.62. The Morgan fingerprint density at radius 1 is 0.423 bits per heavy atom. The average molecular weight is 452 g/mol. The smallest absolute Gasteiger partial charge is 0.192 e. The van der Waals surface area contributed by atoms with Gasteiger partial charge >= 0.3 is 51.3 Å². The van der Waals surface area contributed by atoms with Crippen LogP contribution in [-0.4, -0.2) is 49.5 Å². The Morgan fingerprint density at radius 2 is 0.654 bits per heavy atom. The number of hydrogen-bond donors (Lipinski definition) is 0. The van der Waals surface area contributed by atoms with Crippen LogP contribution in [0.15, 0.2) is 0 Å². The van der Waals surface area contributed by atoms with Crippen LogP contribution in [0.4, 0.5) is 69.7 Å². The van der Waals surface area contributed by atoms with Crippen LogP contribution >= 0.6 is 0 Å². The fourth-order valence-corrected chi connectivity index (χ4v) is 1.54. The molecule has 0 N–H and O–H groups in total. The van der Waals surface area contributed by atoms with E-state index in [-0.39, 0.29) is 0 Å². The molecule has 0 radical (unpaired) electrons. The molecular weight excluding hydrogens is 452 g/mol. The van der Waals surface area contributed by atoms with Gasteiger partial charge in [0, 0.05) is 0 Å². The molecule has 0 aromatic carbocycles. The number of halogens is 16. The lowest BCUT2D eigenvalue weighted by molar-refractivity contribution is -0.447. The van der Waals surface area contributed by atoms with E-state index in [1.165, 1.54) is 0 Å². The topological polar surface area (TPSA) is 34.1 Å². The summed E-state index contributed by atoms with van der Waals surface area (Å²) in [5.41, 5.74) is 0. The molecule has 0 spiro atoms.